The molecule has 0 amide bonds. The molecular weight excluding hydrogens is 230 g/mol. The average molecular weight is 251 g/mol. The third-order valence-electron chi connectivity index (χ3n) is 3.18. The van der Waals surface area contributed by atoms with Gasteiger partial charge >= 0.3 is 0 Å². The largest absolute Gasteiger partial charge is 0.493 e. The molecule has 100 valence electrons. The summed E-state index contributed by atoms with van der Waals surface area (Å²) in [4.78, 5) is 0. The van der Waals surface area contributed by atoms with E-state index in [2.05, 4.69) is 12.2 Å². The van der Waals surface area contributed by atoms with Crippen LogP contribution in [0.15, 0.2) is 18.2 Å². The van der Waals surface area contributed by atoms with Crippen LogP contribution in [0.3, 0.4) is 0 Å². The second-order valence-corrected chi connectivity index (χ2v) is 4.70. The molecular formula is C14H21NO3. The van der Waals surface area contributed by atoms with Crippen molar-refractivity contribution in [2.75, 3.05) is 33.9 Å². The lowest BCUT2D eigenvalue weighted by Crippen LogP contribution is -2.22. The summed E-state index contributed by atoms with van der Waals surface area (Å²) in [6, 6.07) is 5.94. The van der Waals surface area contributed by atoms with Gasteiger partial charge in [0.1, 0.15) is 0 Å². The van der Waals surface area contributed by atoms with E-state index in [0.29, 0.717) is 5.92 Å². The Hall–Kier alpha value is -1.26. The highest BCUT2D eigenvalue weighted by molar-refractivity contribution is 5.43. The van der Waals surface area contributed by atoms with E-state index in [1.165, 1.54) is 0 Å². The first kappa shape index (κ1) is 13.2. The minimum absolute atomic E-state index is 0.0785. The first-order chi connectivity index (χ1) is 8.74. The molecule has 0 aliphatic carbocycles. The lowest BCUT2D eigenvalue weighted by Gasteiger charge is -2.17. The van der Waals surface area contributed by atoms with E-state index in [4.69, 9.17) is 14.2 Å². The minimum atomic E-state index is 0.0785. The predicted octanol–water partition coefficient (Wildman–Crippen LogP) is 2.00. The van der Waals surface area contributed by atoms with E-state index in [1.807, 2.05) is 18.2 Å². The molecule has 1 aromatic carbocycles. The van der Waals surface area contributed by atoms with E-state index >= 15 is 0 Å². The van der Waals surface area contributed by atoms with Gasteiger partial charge in [-0.3, -0.25) is 0 Å². The Morgan fingerprint density at radius 1 is 1.17 bits per heavy atom. The molecule has 2 atom stereocenters. The second kappa shape index (κ2) is 6.07. The zero-order valence-electron chi connectivity index (χ0n) is 11.2. The zero-order chi connectivity index (χ0) is 13.0. The van der Waals surface area contributed by atoms with Gasteiger partial charge in [-0.15, -0.1) is 0 Å². The molecule has 0 radical (unpaired) electrons. The van der Waals surface area contributed by atoms with Gasteiger partial charge in [0.25, 0.3) is 0 Å². The number of rotatable bonds is 3. The lowest BCUT2D eigenvalue weighted by atomic mass is 10.1. The summed E-state index contributed by atoms with van der Waals surface area (Å²) in [5.74, 6) is 2.04. The van der Waals surface area contributed by atoms with Crippen molar-refractivity contribution in [3.63, 3.8) is 0 Å². The highest BCUT2D eigenvalue weighted by Gasteiger charge is 2.19. The van der Waals surface area contributed by atoms with Crippen LogP contribution >= 0.6 is 0 Å². The molecule has 1 aliphatic heterocycles. The van der Waals surface area contributed by atoms with Crippen LogP contribution in [0.25, 0.3) is 0 Å². The highest BCUT2D eigenvalue weighted by Crippen LogP contribution is 2.31. The fourth-order valence-corrected chi connectivity index (χ4v) is 2.13. The van der Waals surface area contributed by atoms with Crippen molar-refractivity contribution >= 4 is 0 Å². The van der Waals surface area contributed by atoms with Gasteiger partial charge in [-0.05, 0) is 23.6 Å². The van der Waals surface area contributed by atoms with Gasteiger partial charge in [-0.25, -0.2) is 0 Å². The van der Waals surface area contributed by atoms with Crippen LogP contribution in [-0.4, -0.2) is 33.9 Å². The molecule has 2 rings (SSSR count). The van der Waals surface area contributed by atoms with E-state index in [1.54, 1.807) is 14.2 Å². The Labute approximate surface area is 108 Å². The third-order valence-corrected chi connectivity index (χ3v) is 3.18. The van der Waals surface area contributed by atoms with Gasteiger partial charge in [0.2, 0.25) is 0 Å². The molecule has 1 heterocycles. The van der Waals surface area contributed by atoms with Crippen LogP contribution in [0.5, 0.6) is 11.5 Å². The maximum absolute atomic E-state index is 5.92. The minimum Gasteiger partial charge on any atom is -0.493 e. The number of benzene rings is 1. The van der Waals surface area contributed by atoms with Gasteiger partial charge in [0, 0.05) is 13.1 Å². The summed E-state index contributed by atoms with van der Waals surface area (Å²) in [7, 11) is 3.29. The standard InChI is InChI=1S/C14H21NO3/c1-10-7-15-8-14(18-9-10)11-4-5-12(16-2)13(6-11)17-3/h4-6,10,14-15H,7-9H2,1-3H3. The van der Waals surface area contributed by atoms with Crippen molar-refractivity contribution in [2.24, 2.45) is 5.92 Å². The molecule has 1 aromatic rings. The van der Waals surface area contributed by atoms with Gasteiger partial charge in [0.05, 0.1) is 26.9 Å². The maximum Gasteiger partial charge on any atom is 0.161 e. The van der Waals surface area contributed by atoms with Gasteiger partial charge in [0.15, 0.2) is 11.5 Å². The van der Waals surface area contributed by atoms with Crippen molar-refractivity contribution in [3.05, 3.63) is 23.8 Å². The molecule has 2 unspecified atom stereocenters. The molecule has 1 saturated heterocycles. The quantitative estimate of drug-likeness (QED) is 0.892. The molecule has 18 heavy (non-hydrogen) atoms. The molecule has 0 aromatic heterocycles. The van der Waals surface area contributed by atoms with Crippen LogP contribution in [0.4, 0.5) is 0 Å². The molecule has 0 bridgehead atoms. The molecule has 4 nitrogen and oxygen atoms in total. The first-order valence-electron chi connectivity index (χ1n) is 6.29. The lowest BCUT2D eigenvalue weighted by molar-refractivity contribution is 0.0513. The number of ether oxygens (including phenoxy) is 3. The first-order valence-corrected chi connectivity index (χ1v) is 6.29. The van der Waals surface area contributed by atoms with E-state index in [9.17, 15) is 0 Å². The molecule has 1 fully saturated rings. The van der Waals surface area contributed by atoms with Gasteiger partial charge < -0.3 is 19.5 Å². The SMILES string of the molecule is COc1ccc(C2CNCC(C)CO2)cc1OC. The summed E-state index contributed by atoms with van der Waals surface area (Å²) in [5, 5.41) is 3.41. The van der Waals surface area contributed by atoms with Crippen LogP contribution < -0.4 is 14.8 Å². The van der Waals surface area contributed by atoms with Gasteiger partial charge in [-0.1, -0.05) is 13.0 Å². The van der Waals surface area contributed by atoms with Crippen LogP contribution in [0.2, 0.25) is 0 Å². The van der Waals surface area contributed by atoms with Crippen molar-refractivity contribution in [1.82, 2.24) is 5.32 Å². The number of hydrogen-bond acceptors (Lipinski definition) is 4. The van der Waals surface area contributed by atoms with Crippen molar-refractivity contribution in [3.8, 4) is 11.5 Å². The molecule has 0 saturated carbocycles. The summed E-state index contributed by atoms with van der Waals surface area (Å²) < 4.78 is 16.5. The normalized spacial score (nSPS) is 24.4. The summed E-state index contributed by atoms with van der Waals surface area (Å²) in [5.41, 5.74) is 1.12. The Balaban J connectivity index is 2.17. The topological polar surface area (TPSA) is 39.7 Å². The summed E-state index contributed by atoms with van der Waals surface area (Å²) in [6.45, 7) is 4.81. The van der Waals surface area contributed by atoms with Crippen molar-refractivity contribution in [2.45, 2.75) is 13.0 Å². The highest BCUT2D eigenvalue weighted by atomic mass is 16.5. The van der Waals surface area contributed by atoms with E-state index < -0.39 is 0 Å². The molecule has 0 spiro atoms. The third kappa shape index (κ3) is 2.94. The van der Waals surface area contributed by atoms with E-state index in [0.717, 1.165) is 36.8 Å². The predicted molar refractivity (Wildman–Crippen MR) is 70.3 cm³/mol. The summed E-state index contributed by atoms with van der Waals surface area (Å²) >= 11 is 0. The van der Waals surface area contributed by atoms with Crippen LogP contribution in [-0.2, 0) is 4.74 Å². The number of nitrogens with one attached hydrogen (secondary N) is 1. The monoisotopic (exact) mass is 251 g/mol. The Bertz CT molecular complexity index is 395. The molecule has 1 N–H and O–H groups in total. The Kier molecular flexibility index (Phi) is 4.44. The fraction of sp³-hybridized carbons (Fsp3) is 0.571. The smallest absolute Gasteiger partial charge is 0.161 e. The Morgan fingerprint density at radius 3 is 2.67 bits per heavy atom. The van der Waals surface area contributed by atoms with Crippen LogP contribution in [0.1, 0.15) is 18.6 Å². The molecule has 4 heteroatoms. The maximum atomic E-state index is 5.92. The number of hydrogen-bond donors (Lipinski definition) is 1. The van der Waals surface area contributed by atoms with Crippen molar-refractivity contribution < 1.29 is 14.2 Å². The van der Waals surface area contributed by atoms with Gasteiger partial charge in [-0.2, -0.15) is 0 Å². The van der Waals surface area contributed by atoms with Crippen molar-refractivity contribution in [1.29, 1.82) is 0 Å². The number of methoxy groups -OCH3 is 2. The second-order valence-electron chi connectivity index (χ2n) is 4.70. The summed E-state index contributed by atoms with van der Waals surface area (Å²) in [6.07, 6.45) is 0.0785. The Morgan fingerprint density at radius 2 is 1.94 bits per heavy atom. The zero-order valence-corrected chi connectivity index (χ0v) is 11.2. The molecule has 1 aliphatic rings. The fourth-order valence-electron chi connectivity index (χ4n) is 2.13. The average Bonchev–Trinajstić information content (AvgIpc) is 2.62. The van der Waals surface area contributed by atoms with E-state index in [-0.39, 0.29) is 6.10 Å². The van der Waals surface area contributed by atoms with Crippen LogP contribution in [0, 0.1) is 5.92 Å².